The largest absolute Gasteiger partial charge is 0.491 e. The van der Waals surface area contributed by atoms with Gasteiger partial charge in [0.05, 0.1) is 23.2 Å². The minimum Gasteiger partial charge on any atom is -0.491 e. The Kier molecular flexibility index (Phi) is 5.47. The monoisotopic (exact) mass is 283 g/mol. The highest BCUT2D eigenvalue weighted by atomic mass is 16.6. The zero-order valence-electron chi connectivity index (χ0n) is 12.3. The van der Waals surface area contributed by atoms with Crippen LogP contribution in [0.5, 0.6) is 5.75 Å². The molecule has 0 heterocycles. The van der Waals surface area contributed by atoms with Crippen molar-refractivity contribution in [1.29, 1.82) is 0 Å². The van der Waals surface area contributed by atoms with E-state index in [2.05, 4.69) is 0 Å². The number of rotatable bonds is 6. The Balaban J connectivity index is 2.72. The van der Waals surface area contributed by atoms with Crippen molar-refractivity contribution in [1.82, 2.24) is 0 Å². The fourth-order valence-corrected chi connectivity index (χ4v) is 1.61. The molecule has 0 aliphatic heterocycles. The lowest BCUT2D eigenvalue weighted by Crippen LogP contribution is -2.22. The molecule has 1 atom stereocenters. The smallest absolute Gasteiger partial charge is 0.270 e. The third-order valence-electron chi connectivity index (χ3n) is 2.53. The number of aliphatic hydroxyl groups excluding tert-OH is 1. The average molecular weight is 283 g/mol. The second kappa shape index (κ2) is 6.67. The van der Waals surface area contributed by atoms with Crippen LogP contribution < -0.4 is 4.74 Å². The lowest BCUT2D eigenvalue weighted by atomic mass is 10.1. The normalized spacial score (nSPS) is 13.1. The molecule has 0 aliphatic rings. The van der Waals surface area contributed by atoms with Gasteiger partial charge in [-0.2, -0.15) is 0 Å². The average Bonchev–Trinajstić information content (AvgIpc) is 2.33. The molecular formula is C14H21NO5. The SMILES string of the molecule is C[C@H](O)c1cc([N+](=O)[O-])ccc1OCCOC(C)(C)C. The standard InChI is InChI=1S/C14H21NO5/c1-10(16)12-9-11(15(17)18)5-6-13(12)19-7-8-20-14(2,3)4/h5-6,9-10,16H,7-8H2,1-4H3/t10-/m0/s1. The summed E-state index contributed by atoms with van der Waals surface area (Å²) in [6.45, 7) is 8.09. The number of nitrogens with zero attached hydrogens (tertiary/aromatic N) is 1. The van der Waals surface area contributed by atoms with Crippen molar-refractivity contribution in [2.75, 3.05) is 13.2 Å². The van der Waals surface area contributed by atoms with E-state index in [4.69, 9.17) is 9.47 Å². The van der Waals surface area contributed by atoms with Gasteiger partial charge in [-0.25, -0.2) is 0 Å². The number of nitro benzene ring substituents is 1. The summed E-state index contributed by atoms with van der Waals surface area (Å²) in [6.07, 6.45) is -0.839. The van der Waals surface area contributed by atoms with E-state index in [0.717, 1.165) is 0 Å². The van der Waals surface area contributed by atoms with Gasteiger partial charge in [0.1, 0.15) is 12.4 Å². The van der Waals surface area contributed by atoms with Gasteiger partial charge in [0, 0.05) is 17.7 Å². The number of non-ortho nitro benzene ring substituents is 1. The van der Waals surface area contributed by atoms with Crippen molar-refractivity contribution in [3.63, 3.8) is 0 Å². The summed E-state index contributed by atoms with van der Waals surface area (Å²) in [5, 5.41) is 20.4. The van der Waals surface area contributed by atoms with Gasteiger partial charge in [-0.05, 0) is 33.8 Å². The predicted molar refractivity (Wildman–Crippen MR) is 74.9 cm³/mol. The molecule has 0 aromatic heterocycles. The van der Waals surface area contributed by atoms with Crippen LogP contribution in [0.2, 0.25) is 0 Å². The minimum atomic E-state index is -0.839. The molecule has 0 saturated heterocycles. The molecule has 0 amide bonds. The van der Waals surface area contributed by atoms with Crippen LogP contribution in [0.1, 0.15) is 39.4 Å². The van der Waals surface area contributed by atoms with Gasteiger partial charge in [-0.1, -0.05) is 0 Å². The molecule has 0 fully saturated rings. The van der Waals surface area contributed by atoms with Crippen molar-refractivity contribution >= 4 is 5.69 Å². The lowest BCUT2D eigenvalue weighted by molar-refractivity contribution is -0.385. The van der Waals surface area contributed by atoms with Crippen LogP contribution in [-0.2, 0) is 4.74 Å². The van der Waals surface area contributed by atoms with Gasteiger partial charge in [0.2, 0.25) is 0 Å². The first kappa shape index (κ1) is 16.4. The zero-order chi connectivity index (χ0) is 15.3. The minimum absolute atomic E-state index is 0.0702. The maximum Gasteiger partial charge on any atom is 0.270 e. The van der Waals surface area contributed by atoms with Crippen molar-refractivity contribution in [3.05, 3.63) is 33.9 Å². The molecule has 1 aromatic rings. The van der Waals surface area contributed by atoms with E-state index in [1.165, 1.54) is 25.1 Å². The molecule has 6 nitrogen and oxygen atoms in total. The van der Waals surface area contributed by atoms with E-state index in [-0.39, 0.29) is 11.3 Å². The first-order chi connectivity index (χ1) is 9.20. The molecule has 0 spiro atoms. The van der Waals surface area contributed by atoms with Crippen LogP contribution >= 0.6 is 0 Å². The van der Waals surface area contributed by atoms with Crippen LogP contribution in [0.15, 0.2) is 18.2 Å². The van der Waals surface area contributed by atoms with Gasteiger partial charge >= 0.3 is 0 Å². The number of hydrogen-bond donors (Lipinski definition) is 1. The lowest BCUT2D eigenvalue weighted by Gasteiger charge is -2.20. The molecule has 20 heavy (non-hydrogen) atoms. The van der Waals surface area contributed by atoms with Crippen LogP contribution in [-0.4, -0.2) is 28.8 Å². The third-order valence-corrected chi connectivity index (χ3v) is 2.53. The molecule has 0 bridgehead atoms. The van der Waals surface area contributed by atoms with Gasteiger partial charge in [0.25, 0.3) is 5.69 Å². The molecule has 0 saturated carbocycles. The second-order valence-electron chi connectivity index (χ2n) is 5.46. The van der Waals surface area contributed by atoms with Gasteiger partial charge < -0.3 is 14.6 Å². The van der Waals surface area contributed by atoms with E-state index < -0.39 is 11.0 Å². The Hall–Kier alpha value is -1.66. The molecule has 0 radical (unpaired) electrons. The van der Waals surface area contributed by atoms with Gasteiger partial charge in [0.15, 0.2) is 0 Å². The number of benzene rings is 1. The summed E-state index contributed by atoms with van der Waals surface area (Å²) in [5.41, 5.74) is 0.0838. The molecule has 112 valence electrons. The summed E-state index contributed by atoms with van der Waals surface area (Å²) in [4.78, 5) is 10.2. The van der Waals surface area contributed by atoms with Crippen molar-refractivity contribution < 1.29 is 19.5 Å². The van der Waals surface area contributed by atoms with E-state index in [1.807, 2.05) is 20.8 Å². The first-order valence-corrected chi connectivity index (χ1v) is 6.44. The maximum absolute atomic E-state index is 10.7. The molecule has 1 rings (SSSR count). The van der Waals surface area contributed by atoms with Crippen LogP contribution in [0, 0.1) is 10.1 Å². The maximum atomic E-state index is 10.7. The van der Waals surface area contributed by atoms with E-state index in [0.29, 0.717) is 24.5 Å². The quantitative estimate of drug-likeness (QED) is 0.493. The third kappa shape index (κ3) is 5.14. The number of ether oxygens (including phenoxy) is 2. The predicted octanol–water partition coefficient (Wildman–Crippen LogP) is 2.84. The Bertz CT molecular complexity index is 465. The molecule has 0 unspecified atom stereocenters. The van der Waals surface area contributed by atoms with Crippen LogP contribution in [0.3, 0.4) is 0 Å². The molecule has 0 aliphatic carbocycles. The second-order valence-corrected chi connectivity index (χ2v) is 5.46. The number of nitro groups is 1. The van der Waals surface area contributed by atoms with Crippen molar-refractivity contribution in [2.24, 2.45) is 0 Å². The fourth-order valence-electron chi connectivity index (χ4n) is 1.61. The number of aliphatic hydroxyl groups is 1. The molecular weight excluding hydrogens is 262 g/mol. The van der Waals surface area contributed by atoms with E-state index in [1.54, 1.807) is 0 Å². The summed E-state index contributed by atoms with van der Waals surface area (Å²) >= 11 is 0. The highest BCUT2D eigenvalue weighted by molar-refractivity contribution is 5.44. The van der Waals surface area contributed by atoms with Crippen LogP contribution in [0.25, 0.3) is 0 Å². The topological polar surface area (TPSA) is 81.8 Å². The number of hydrogen-bond acceptors (Lipinski definition) is 5. The molecule has 6 heteroatoms. The Morgan fingerprint density at radius 1 is 1.35 bits per heavy atom. The fraction of sp³-hybridized carbons (Fsp3) is 0.571. The highest BCUT2D eigenvalue weighted by Crippen LogP contribution is 2.29. The van der Waals surface area contributed by atoms with Crippen molar-refractivity contribution in [2.45, 2.75) is 39.4 Å². The van der Waals surface area contributed by atoms with Gasteiger partial charge in [-0.3, -0.25) is 10.1 Å². The highest BCUT2D eigenvalue weighted by Gasteiger charge is 2.16. The van der Waals surface area contributed by atoms with E-state index >= 15 is 0 Å². The summed E-state index contributed by atoms with van der Waals surface area (Å²) in [5.74, 6) is 0.433. The summed E-state index contributed by atoms with van der Waals surface area (Å²) < 4.78 is 11.0. The summed E-state index contributed by atoms with van der Waals surface area (Å²) in [7, 11) is 0. The zero-order valence-corrected chi connectivity index (χ0v) is 12.3. The van der Waals surface area contributed by atoms with Gasteiger partial charge in [-0.15, -0.1) is 0 Å². The first-order valence-electron chi connectivity index (χ1n) is 6.44. The van der Waals surface area contributed by atoms with Crippen LogP contribution in [0.4, 0.5) is 5.69 Å². The molecule has 1 aromatic carbocycles. The Morgan fingerprint density at radius 3 is 2.50 bits per heavy atom. The summed E-state index contributed by atoms with van der Waals surface area (Å²) in [6, 6.07) is 4.17. The van der Waals surface area contributed by atoms with Crippen molar-refractivity contribution in [3.8, 4) is 5.75 Å². The Morgan fingerprint density at radius 2 is 2.00 bits per heavy atom. The Labute approximate surface area is 118 Å². The van der Waals surface area contributed by atoms with E-state index in [9.17, 15) is 15.2 Å². The molecule has 1 N–H and O–H groups in total.